The van der Waals surface area contributed by atoms with Gasteiger partial charge in [-0.15, -0.1) is 0 Å². The van der Waals surface area contributed by atoms with E-state index >= 15 is 0 Å². The number of aromatic amines is 1. The molecular formula is C14H16N4O2. The molecule has 1 heterocycles. The molecule has 3 N–H and O–H groups in total. The number of hydrogen-bond acceptors (Lipinski definition) is 4. The maximum Gasteiger partial charge on any atom is 0.291 e. The number of benzene rings is 1. The van der Waals surface area contributed by atoms with Crippen molar-refractivity contribution in [1.29, 1.82) is 0 Å². The van der Waals surface area contributed by atoms with E-state index in [0.717, 1.165) is 5.69 Å². The quantitative estimate of drug-likeness (QED) is 0.587. The lowest BCUT2D eigenvalue weighted by Crippen LogP contribution is -2.18. The van der Waals surface area contributed by atoms with Crippen molar-refractivity contribution >= 4 is 12.1 Å². The Hall–Kier alpha value is -2.63. The number of phenolic OH excluding ortho intramolecular Hbond substituents is 1. The minimum atomic E-state index is -0.385. The third kappa shape index (κ3) is 3.44. The number of rotatable bonds is 4. The highest BCUT2D eigenvalue weighted by Gasteiger charge is 2.10. The van der Waals surface area contributed by atoms with E-state index in [4.69, 9.17) is 0 Å². The number of amides is 1. The number of H-pyrrole nitrogens is 1. The molecule has 0 fully saturated rings. The van der Waals surface area contributed by atoms with Crippen molar-refractivity contribution in [3.8, 4) is 5.75 Å². The third-order valence-corrected chi connectivity index (χ3v) is 2.70. The largest absolute Gasteiger partial charge is 0.508 e. The van der Waals surface area contributed by atoms with Gasteiger partial charge in [0.15, 0.2) is 5.69 Å². The SMILES string of the molecule is CC(C)c1cc(C(=O)N/N=C/c2cccc(O)c2)n[nH]1. The van der Waals surface area contributed by atoms with Gasteiger partial charge in [-0.25, -0.2) is 5.43 Å². The van der Waals surface area contributed by atoms with Crippen molar-refractivity contribution < 1.29 is 9.90 Å². The molecule has 104 valence electrons. The van der Waals surface area contributed by atoms with Crippen molar-refractivity contribution in [3.05, 3.63) is 47.3 Å². The Kier molecular flexibility index (Phi) is 4.14. The molecule has 6 heteroatoms. The fourth-order valence-corrected chi connectivity index (χ4v) is 1.58. The Morgan fingerprint density at radius 1 is 1.45 bits per heavy atom. The zero-order valence-electron chi connectivity index (χ0n) is 11.3. The summed E-state index contributed by atoms with van der Waals surface area (Å²) in [6.45, 7) is 4.02. The van der Waals surface area contributed by atoms with E-state index in [1.807, 2.05) is 13.8 Å². The summed E-state index contributed by atoms with van der Waals surface area (Å²) >= 11 is 0. The first-order valence-corrected chi connectivity index (χ1v) is 6.24. The highest BCUT2D eigenvalue weighted by molar-refractivity contribution is 5.93. The van der Waals surface area contributed by atoms with E-state index in [0.29, 0.717) is 11.3 Å². The molecule has 0 atom stereocenters. The highest BCUT2D eigenvalue weighted by Crippen LogP contribution is 2.11. The third-order valence-electron chi connectivity index (χ3n) is 2.70. The van der Waals surface area contributed by atoms with Crippen molar-refractivity contribution in [2.75, 3.05) is 0 Å². The lowest BCUT2D eigenvalue weighted by molar-refractivity contribution is 0.0950. The van der Waals surface area contributed by atoms with Crippen LogP contribution in [-0.2, 0) is 0 Å². The van der Waals surface area contributed by atoms with E-state index in [1.54, 1.807) is 30.3 Å². The molecule has 0 unspecified atom stereocenters. The molecule has 1 aromatic carbocycles. The van der Waals surface area contributed by atoms with Crippen LogP contribution in [0.1, 0.15) is 41.5 Å². The minimum absolute atomic E-state index is 0.147. The fourth-order valence-electron chi connectivity index (χ4n) is 1.58. The first-order chi connectivity index (χ1) is 9.56. The van der Waals surface area contributed by atoms with Gasteiger partial charge in [0.05, 0.1) is 6.21 Å². The van der Waals surface area contributed by atoms with Gasteiger partial charge in [0.25, 0.3) is 5.91 Å². The second-order valence-corrected chi connectivity index (χ2v) is 4.66. The van der Waals surface area contributed by atoms with Gasteiger partial charge in [-0.3, -0.25) is 9.89 Å². The van der Waals surface area contributed by atoms with Crippen LogP contribution in [-0.4, -0.2) is 27.4 Å². The van der Waals surface area contributed by atoms with Crippen molar-refractivity contribution in [3.63, 3.8) is 0 Å². The summed E-state index contributed by atoms with van der Waals surface area (Å²) in [6, 6.07) is 8.26. The van der Waals surface area contributed by atoms with Gasteiger partial charge in [0, 0.05) is 5.69 Å². The summed E-state index contributed by atoms with van der Waals surface area (Å²) in [4.78, 5) is 11.8. The van der Waals surface area contributed by atoms with Crippen LogP contribution in [0.25, 0.3) is 0 Å². The van der Waals surface area contributed by atoms with E-state index in [1.165, 1.54) is 6.21 Å². The minimum Gasteiger partial charge on any atom is -0.508 e. The highest BCUT2D eigenvalue weighted by atomic mass is 16.3. The molecule has 0 aliphatic carbocycles. The molecule has 0 saturated carbocycles. The predicted octanol–water partition coefficient (Wildman–Crippen LogP) is 2.00. The molecule has 0 aliphatic rings. The maximum atomic E-state index is 11.8. The van der Waals surface area contributed by atoms with Crippen LogP contribution in [0.15, 0.2) is 35.4 Å². The monoisotopic (exact) mass is 272 g/mol. The molecule has 0 spiro atoms. The van der Waals surface area contributed by atoms with Crippen molar-refractivity contribution in [1.82, 2.24) is 15.6 Å². The van der Waals surface area contributed by atoms with Gasteiger partial charge >= 0.3 is 0 Å². The zero-order chi connectivity index (χ0) is 14.5. The second kappa shape index (κ2) is 6.01. The molecule has 6 nitrogen and oxygen atoms in total. The first kappa shape index (κ1) is 13.8. The van der Waals surface area contributed by atoms with Gasteiger partial charge < -0.3 is 5.11 Å². The lowest BCUT2D eigenvalue weighted by Gasteiger charge is -1.97. The Balaban J connectivity index is 1.97. The Morgan fingerprint density at radius 3 is 2.90 bits per heavy atom. The summed E-state index contributed by atoms with van der Waals surface area (Å²) < 4.78 is 0. The fraction of sp³-hybridized carbons (Fsp3) is 0.214. The zero-order valence-corrected chi connectivity index (χ0v) is 11.3. The number of phenols is 1. The Morgan fingerprint density at radius 2 is 2.25 bits per heavy atom. The van der Waals surface area contributed by atoms with Gasteiger partial charge in [-0.05, 0) is 29.7 Å². The van der Waals surface area contributed by atoms with Crippen LogP contribution < -0.4 is 5.43 Å². The van der Waals surface area contributed by atoms with E-state index in [2.05, 4.69) is 20.7 Å². The van der Waals surface area contributed by atoms with Gasteiger partial charge in [-0.2, -0.15) is 10.2 Å². The number of aromatic hydroxyl groups is 1. The summed E-state index contributed by atoms with van der Waals surface area (Å²) in [5, 5.41) is 19.8. The number of carbonyl (C=O) groups excluding carboxylic acids is 1. The topological polar surface area (TPSA) is 90.4 Å². The summed E-state index contributed by atoms with van der Waals surface area (Å²) in [5.41, 5.74) is 4.26. The van der Waals surface area contributed by atoms with Crippen LogP contribution in [0.4, 0.5) is 0 Å². The van der Waals surface area contributed by atoms with Crippen LogP contribution in [0, 0.1) is 0 Å². The normalized spacial score (nSPS) is 11.2. The number of carbonyl (C=O) groups is 1. The second-order valence-electron chi connectivity index (χ2n) is 4.66. The van der Waals surface area contributed by atoms with Gasteiger partial charge in [0.1, 0.15) is 5.75 Å². The summed E-state index contributed by atoms with van der Waals surface area (Å²) in [6.07, 6.45) is 1.45. The molecular weight excluding hydrogens is 256 g/mol. The van der Waals surface area contributed by atoms with Crippen LogP contribution in [0.3, 0.4) is 0 Å². The van der Waals surface area contributed by atoms with Crippen molar-refractivity contribution in [2.24, 2.45) is 5.10 Å². The van der Waals surface area contributed by atoms with E-state index in [-0.39, 0.29) is 17.6 Å². The first-order valence-electron chi connectivity index (χ1n) is 6.24. The molecule has 2 rings (SSSR count). The molecule has 0 radical (unpaired) electrons. The molecule has 0 bridgehead atoms. The summed E-state index contributed by atoms with van der Waals surface area (Å²) in [7, 11) is 0. The van der Waals surface area contributed by atoms with Crippen LogP contribution in [0.2, 0.25) is 0 Å². The average Bonchev–Trinajstić information content (AvgIpc) is 2.88. The predicted molar refractivity (Wildman–Crippen MR) is 75.8 cm³/mol. The number of nitrogens with one attached hydrogen (secondary N) is 2. The molecule has 20 heavy (non-hydrogen) atoms. The van der Waals surface area contributed by atoms with Crippen LogP contribution in [0.5, 0.6) is 5.75 Å². The number of nitrogens with zero attached hydrogens (tertiary/aromatic N) is 2. The Bertz CT molecular complexity index is 632. The maximum absolute atomic E-state index is 11.8. The number of hydrogen-bond donors (Lipinski definition) is 3. The molecule has 2 aromatic rings. The van der Waals surface area contributed by atoms with E-state index < -0.39 is 0 Å². The lowest BCUT2D eigenvalue weighted by atomic mass is 10.1. The summed E-state index contributed by atoms with van der Waals surface area (Å²) in [5.74, 6) is 0.0403. The molecule has 0 saturated heterocycles. The molecule has 1 amide bonds. The smallest absolute Gasteiger partial charge is 0.291 e. The van der Waals surface area contributed by atoms with Crippen molar-refractivity contribution in [2.45, 2.75) is 19.8 Å². The van der Waals surface area contributed by atoms with Crippen LogP contribution >= 0.6 is 0 Å². The van der Waals surface area contributed by atoms with Gasteiger partial charge in [0.2, 0.25) is 0 Å². The standard InChI is InChI=1S/C14H16N4O2/c1-9(2)12-7-13(17-16-12)14(20)18-15-8-10-4-3-5-11(19)6-10/h3-9,19H,1-2H3,(H,16,17)(H,18,20)/b15-8+. The number of aromatic nitrogens is 2. The van der Waals surface area contributed by atoms with E-state index in [9.17, 15) is 9.90 Å². The Labute approximate surface area is 116 Å². The average molecular weight is 272 g/mol. The molecule has 1 aromatic heterocycles. The molecule has 0 aliphatic heterocycles. The number of hydrazone groups is 1. The van der Waals surface area contributed by atoms with Gasteiger partial charge in [-0.1, -0.05) is 26.0 Å².